The predicted molar refractivity (Wildman–Crippen MR) is 46.1 cm³/mol. The van der Waals surface area contributed by atoms with Crippen LogP contribution in [-0.2, 0) is 9.53 Å². The highest BCUT2D eigenvalue weighted by atomic mass is 19.3. The van der Waals surface area contributed by atoms with Gasteiger partial charge in [-0.1, -0.05) is 0 Å². The van der Waals surface area contributed by atoms with Crippen molar-refractivity contribution in [2.75, 3.05) is 19.8 Å². The number of hydrogen-bond acceptors (Lipinski definition) is 3. The van der Waals surface area contributed by atoms with E-state index in [1.165, 1.54) is 0 Å². The van der Waals surface area contributed by atoms with Gasteiger partial charge in [0.25, 0.3) is 6.43 Å². The van der Waals surface area contributed by atoms with Crippen molar-refractivity contribution in [2.45, 2.75) is 25.8 Å². The van der Waals surface area contributed by atoms with Gasteiger partial charge in [-0.2, -0.15) is 0 Å². The molecule has 14 heavy (non-hydrogen) atoms. The van der Waals surface area contributed by atoms with Crippen LogP contribution in [0.15, 0.2) is 0 Å². The number of halogens is 2. The molecule has 0 fully saturated rings. The van der Waals surface area contributed by atoms with E-state index >= 15 is 0 Å². The molecule has 0 aromatic rings. The number of aliphatic hydroxyl groups is 1. The lowest BCUT2D eigenvalue weighted by Gasteiger charge is -2.10. The van der Waals surface area contributed by atoms with Crippen LogP contribution < -0.4 is 5.32 Å². The molecule has 0 aliphatic heterocycles. The first kappa shape index (κ1) is 13.2. The van der Waals surface area contributed by atoms with E-state index in [0.717, 1.165) is 0 Å². The summed E-state index contributed by atoms with van der Waals surface area (Å²) in [6.07, 6.45) is -2.48. The molecule has 0 bridgehead atoms. The molecule has 0 heterocycles. The van der Waals surface area contributed by atoms with Crippen molar-refractivity contribution in [1.82, 2.24) is 5.32 Å². The van der Waals surface area contributed by atoms with E-state index in [4.69, 9.17) is 5.11 Å². The summed E-state index contributed by atoms with van der Waals surface area (Å²) in [5, 5.41) is 11.0. The first-order valence-electron chi connectivity index (χ1n) is 4.32. The van der Waals surface area contributed by atoms with Gasteiger partial charge in [-0.25, -0.2) is 8.78 Å². The Morgan fingerprint density at radius 3 is 2.71 bits per heavy atom. The molecular formula is C8H15F2NO3. The van der Waals surface area contributed by atoms with Crippen molar-refractivity contribution < 1.29 is 23.4 Å². The van der Waals surface area contributed by atoms with E-state index in [0.29, 0.717) is 0 Å². The van der Waals surface area contributed by atoms with Crippen molar-refractivity contribution in [3.8, 4) is 0 Å². The molecule has 2 N–H and O–H groups in total. The Hall–Kier alpha value is -0.750. The molecule has 4 nitrogen and oxygen atoms in total. The van der Waals surface area contributed by atoms with Crippen LogP contribution in [0.25, 0.3) is 0 Å². The van der Waals surface area contributed by atoms with Gasteiger partial charge in [0, 0.05) is 12.5 Å². The van der Waals surface area contributed by atoms with Gasteiger partial charge in [-0.05, 0) is 6.92 Å². The maximum Gasteiger partial charge on any atom is 0.261 e. The van der Waals surface area contributed by atoms with Crippen LogP contribution in [0.1, 0.15) is 13.3 Å². The zero-order chi connectivity index (χ0) is 11.0. The van der Waals surface area contributed by atoms with E-state index in [9.17, 15) is 13.6 Å². The smallest absolute Gasteiger partial charge is 0.261 e. The maximum absolute atomic E-state index is 11.6. The minimum atomic E-state index is -2.51. The Balaban J connectivity index is 3.36. The van der Waals surface area contributed by atoms with E-state index in [-0.39, 0.29) is 31.6 Å². The van der Waals surface area contributed by atoms with E-state index in [1.807, 2.05) is 0 Å². The van der Waals surface area contributed by atoms with Crippen molar-refractivity contribution in [2.24, 2.45) is 0 Å². The van der Waals surface area contributed by atoms with E-state index in [1.54, 1.807) is 6.92 Å². The lowest BCUT2D eigenvalue weighted by molar-refractivity contribution is -0.123. The third-order valence-corrected chi connectivity index (χ3v) is 1.40. The summed E-state index contributed by atoms with van der Waals surface area (Å²) in [6.45, 7) is 0.804. The van der Waals surface area contributed by atoms with Crippen molar-refractivity contribution in [1.29, 1.82) is 0 Å². The summed E-state index contributed by atoms with van der Waals surface area (Å²) in [7, 11) is 0. The zero-order valence-electron chi connectivity index (χ0n) is 8.00. The average Bonchev–Trinajstić information content (AvgIpc) is 2.12. The molecule has 0 aromatic carbocycles. The highest BCUT2D eigenvalue weighted by Gasteiger charge is 2.07. The quantitative estimate of drug-likeness (QED) is 0.589. The molecule has 84 valence electrons. The number of ether oxygens (including phenoxy) is 1. The molecule has 0 aromatic heterocycles. The van der Waals surface area contributed by atoms with Gasteiger partial charge in [0.05, 0.1) is 13.2 Å². The topological polar surface area (TPSA) is 58.6 Å². The monoisotopic (exact) mass is 211 g/mol. The van der Waals surface area contributed by atoms with Gasteiger partial charge >= 0.3 is 0 Å². The number of carbonyl (C=O) groups excluding carboxylic acids is 1. The Morgan fingerprint density at radius 2 is 2.21 bits per heavy atom. The van der Waals surface area contributed by atoms with Gasteiger partial charge in [0.15, 0.2) is 0 Å². The molecule has 0 radical (unpaired) electrons. The fourth-order valence-corrected chi connectivity index (χ4v) is 0.730. The number of hydrogen-bond donors (Lipinski definition) is 2. The standard InChI is InChI=1S/C8H15F2NO3/c1-6(4-12)11-8(13)2-3-14-5-7(9)10/h6-7,12H,2-5H2,1H3,(H,11,13)/t6-/m0/s1. The molecule has 0 saturated heterocycles. The molecule has 6 heteroatoms. The van der Waals surface area contributed by atoms with Crippen LogP contribution in [0, 0.1) is 0 Å². The summed E-state index contributed by atoms with van der Waals surface area (Å²) < 4.78 is 27.6. The Morgan fingerprint density at radius 1 is 1.57 bits per heavy atom. The predicted octanol–water partition coefficient (Wildman–Crippen LogP) is 0.155. The van der Waals surface area contributed by atoms with Gasteiger partial charge in [0.1, 0.15) is 6.61 Å². The van der Waals surface area contributed by atoms with E-state index in [2.05, 4.69) is 10.1 Å². The Labute approximate surface area is 81.2 Å². The maximum atomic E-state index is 11.6. The molecule has 0 aliphatic rings. The largest absolute Gasteiger partial charge is 0.394 e. The molecule has 0 spiro atoms. The Bertz CT molecular complexity index is 167. The molecule has 0 saturated carbocycles. The average molecular weight is 211 g/mol. The minimum Gasteiger partial charge on any atom is -0.394 e. The van der Waals surface area contributed by atoms with Gasteiger partial charge in [0.2, 0.25) is 5.91 Å². The number of aliphatic hydroxyl groups excluding tert-OH is 1. The molecule has 0 rings (SSSR count). The highest BCUT2D eigenvalue weighted by molar-refractivity contribution is 5.76. The molecular weight excluding hydrogens is 196 g/mol. The van der Waals surface area contributed by atoms with Crippen LogP contribution in [0.3, 0.4) is 0 Å². The van der Waals surface area contributed by atoms with Crippen LogP contribution in [0.5, 0.6) is 0 Å². The van der Waals surface area contributed by atoms with Crippen molar-refractivity contribution in [3.05, 3.63) is 0 Å². The fourth-order valence-electron chi connectivity index (χ4n) is 0.730. The second-order valence-electron chi connectivity index (χ2n) is 2.87. The summed E-state index contributed by atoms with van der Waals surface area (Å²) in [4.78, 5) is 11.0. The normalized spacial score (nSPS) is 12.9. The molecule has 1 amide bonds. The lowest BCUT2D eigenvalue weighted by Crippen LogP contribution is -2.35. The summed E-state index contributed by atoms with van der Waals surface area (Å²) in [6, 6.07) is -0.322. The highest BCUT2D eigenvalue weighted by Crippen LogP contribution is 1.93. The van der Waals surface area contributed by atoms with Crippen LogP contribution in [-0.4, -0.2) is 43.3 Å². The lowest BCUT2D eigenvalue weighted by atomic mass is 10.3. The van der Waals surface area contributed by atoms with E-state index < -0.39 is 13.0 Å². The molecule has 0 unspecified atom stereocenters. The van der Waals surface area contributed by atoms with Crippen LogP contribution in [0.2, 0.25) is 0 Å². The van der Waals surface area contributed by atoms with Crippen molar-refractivity contribution >= 4 is 5.91 Å². The van der Waals surface area contributed by atoms with Gasteiger partial charge in [-0.15, -0.1) is 0 Å². The molecule has 1 atom stereocenters. The van der Waals surface area contributed by atoms with Crippen LogP contribution >= 0.6 is 0 Å². The third kappa shape index (κ3) is 7.88. The fraction of sp³-hybridized carbons (Fsp3) is 0.875. The number of rotatable bonds is 7. The van der Waals surface area contributed by atoms with Crippen molar-refractivity contribution in [3.63, 3.8) is 0 Å². The van der Waals surface area contributed by atoms with Crippen LogP contribution in [0.4, 0.5) is 8.78 Å². The van der Waals surface area contributed by atoms with Gasteiger partial charge < -0.3 is 15.2 Å². The summed E-state index contributed by atoms with van der Waals surface area (Å²) in [5.41, 5.74) is 0. The first-order valence-corrected chi connectivity index (χ1v) is 4.32. The second-order valence-corrected chi connectivity index (χ2v) is 2.87. The second kappa shape index (κ2) is 7.64. The van der Waals surface area contributed by atoms with Gasteiger partial charge in [-0.3, -0.25) is 4.79 Å². The summed E-state index contributed by atoms with van der Waals surface area (Å²) >= 11 is 0. The number of alkyl halides is 2. The SMILES string of the molecule is C[C@@H](CO)NC(=O)CCOCC(F)F. The first-order chi connectivity index (χ1) is 6.56. The number of amides is 1. The minimum absolute atomic E-state index is 0.0249. The zero-order valence-corrected chi connectivity index (χ0v) is 8.00. The number of nitrogens with one attached hydrogen (secondary N) is 1. The third-order valence-electron chi connectivity index (χ3n) is 1.40. The molecule has 0 aliphatic carbocycles. The summed E-state index contributed by atoms with van der Waals surface area (Å²) in [5.74, 6) is -0.319. The number of carbonyl (C=O) groups is 1. The Kier molecular flexibility index (Phi) is 7.23.